The molecule has 0 fully saturated rings. The van der Waals surface area contributed by atoms with Gasteiger partial charge < -0.3 is 9.30 Å². The van der Waals surface area contributed by atoms with Crippen molar-refractivity contribution in [2.75, 3.05) is 6.61 Å². The number of ketones is 1. The molecule has 30 heavy (non-hydrogen) atoms. The Kier molecular flexibility index (Phi) is 6.10. The number of para-hydroxylation sites is 1. The molecule has 152 valence electrons. The van der Waals surface area contributed by atoms with Gasteiger partial charge in [0.25, 0.3) is 0 Å². The molecule has 1 atom stereocenters. The molecule has 0 radical (unpaired) electrons. The summed E-state index contributed by atoms with van der Waals surface area (Å²) in [5, 5.41) is 1.00. The summed E-state index contributed by atoms with van der Waals surface area (Å²) in [6.45, 7) is 5.41. The van der Waals surface area contributed by atoms with Gasteiger partial charge >= 0.3 is 0 Å². The van der Waals surface area contributed by atoms with Gasteiger partial charge in [0.2, 0.25) is 0 Å². The fraction of sp³-hybridized carbons (Fsp3) is 0.222. The van der Waals surface area contributed by atoms with Gasteiger partial charge in [-0.05, 0) is 25.0 Å². The molecule has 0 aliphatic rings. The van der Waals surface area contributed by atoms with Crippen LogP contribution in [0.15, 0.2) is 84.9 Å². The summed E-state index contributed by atoms with van der Waals surface area (Å²) in [4.78, 5) is 13.4. The van der Waals surface area contributed by atoms with Crippen molar-refractivity contribution in [3.63, 3.8) is 0 Å². The van der Waals surface area contributed by atoms with E-state index >= 15 is 0 Å². The normalized spacial score (nSPS) is 12.2. The first-order valence-electron chi connectivity index (χ1n) is 10.5. The van der Waals surface area contributed by atoms with E-state index in [0.29, 0.717) is 13.2 Å². The van der Waals surface area contributed by atoms with E-state index in [4.69, 9.17) is 4.74 Å². The SMILES string of the molecule is CCC(COCc1ccccc1)n1c(C)c(C(=O)c2ccccc2)c2ccccc21. The van der Waals surface area contributed by atoms with Gasteiger partial charge in [-0.2, -0.15) is 0 Å². The minimum atomic E-state index is 0.0723. The molecule has 0 N–H and O–H groups in total. The molecular weight excluding hydrogens is 370 g/mol. The van der Waals surface area contributed by atoms with Crippen LogP contribution in [0.2, 0.25) is 0 Å². The van der Waals surface area contributed by atoms with Crippen LogP contribution in [-0.2, 0) is 11.3 Å². The summed E-state index contributed by atoms with van der Waals surface area (Å²) in [6.07, 6.45) is 0.924. The number of ether oxygens (including phenoxy) is 1. The maximum atomic E-state index is 13.4. The van der Waals surface area contributed by atoms with E-state index in [2.05, 4.69) is 36.6 Å². The number of hydrogen-bond donors (Lipinski definition) is 0. The number of nitrogens with zero attached hydrogens (tertiary/aromatic N) is 1. The largest absolute Gasteiger partial charge is 0.375 e. The first-order valence-corrected chi connectivity index (χ1v) is 10.5. The van der Waals surface area contributed by atoms with Gasteiger partial charge in [-0.25, -0.2) is 0 Å². The average molecular weight is 398 g/mol. The van der Waals surface area contributed by atoms with Crippen molar-refractivity contribution in [2.45, 2.75) is 32.9 Å². The van der Waals surface area contributed by atoms with Gasteiger partial charge in [0.05, 0.1) is 24.8 Å². The van der Waals surface area contributed by atoms with E-state index in [9.17, 15) is 4.79 Å². The maximum absolute atomic E-state index is 13.4. The number of carbonyl (C=O) groups is 1. The zero-order valence-corrected chi connectivity index (χ0v) is 17.5. The number of fused-ring (bicyclic) bond motifs is 1. The van der Waals surface area contributed by atoms with Crippen molar-refractivity contribution in [1.29, 1.82) is 0 Å². The highest BCUT2D eigenvalue weighted by Gasteiger charge is 2.24. The third-order valence-corrected chi connectivity index (χ3v) is 5.68. The van der Waals surface area contributed by atoms with E-state index in [-0.39, 0.29) is 11.8 Å². The Hall–Kier alpha value is -3.17. The van der Waals surface area contributed by atoms with Crippen LogP contribution < -0.4 is 0 Å². The molecule has 0 bridgehead atoms. The minimum Gasteiger partial charge on any atom is -0.375 e. The summed E-state index contributed by atoms with van der Waals surface area (Å²) in [7, 11) is 0. The van der Waals surface area contributed by atoms with Crippen LogP contribution in [0.1, 0.15) is 46.6 Å². The Morgan fingerprint density at radius 2 is 1.53 bits per heavy atom. The monoisotopic (exact) mass is 397 g/mol. The number of hydrogen-bond acceptors (Lipinski definition) is 2. The molecular formula is C27H27NO2. The van der Waals surface area contributed by atoms with Crippen molar-refractivity contribution >= 4 is 16.7 Å². The molecule has 1 unspecified atom stereocenters. The third kappa shape index (κ3) is 3.94. The predicted molar refractivity (Wildman–Crippen MR) is 122 cm³/mol. The molecule has 0 saturated heterocycles. The highest BCUT2D eigenvalue weighted by Crippen LogP contribution is 2.32. The smallest absolute Gasteiger partial charge is 0.195 e. The van der Waals surface area contributed by atoms with E-state index in [1.54, 1.807) is 0 Å². The highest BCUT2D eigenvalue weighted by atomic mass is 16.5. The van der Waals surface area contributed by atoms with E-state index < -0.39 is 0 Å². The van der Waals surface area contributed by atoms with Crippen molar-refractivity contribution in [1.82, 2.24) is 4.57 Å². The minimum absolute atomic E-state index is 0.0723. The van der Waals surface area contributed by atoms with Crippen LogP contribution in [0.3, 0.4) is 0 Å². The molecule has 3 nitrogen and oxygen atoms in total. The topological polar surface area (TPSA) is 31.2 Å². The number of rotatable bonds is 8. The van der Waals surface area contributed by atoms with Gasteiger partial charge in [0.15, 0.2) is 5.78 Å². The van der Waals surface area contributed by atoms with E-state index in [1.165, 1.54) is 5.56 Å². The zero-order chi connectivity index (χ0) is 20.9. The van der Waals surface area contributed by atoms with Crippen LogP contribution in [0, 0.1) is 6.92 Å². The molecule has 3 heteroatoms. The lowest BCUT2D eigenvalue weighted by Gasteiger charge is -2.21. The lowest BCUT2D eigenvalue weighted by molar-refractivity contribution is 0.0891. The molecule has 0 aliphatic carbocycles. The first-order chi connectivity index (χ1) is 14.7. The van der Waals surface area contributed by atoms with Crippen molar-refractivity contribution < 1.29 is 9.53 Å². The van der Waals surface area contributed by atoms with E-state index in [1.807, 2.05) is 66.7 Å². The fourth-order valence-electron chi connectivity index (χ4n) is 4.14. The standard InChI is InChI=1S/C27H27NO2/c1-3-23(19-30-18-21-12-6-4-7-13-21)28-20(2)26(24-16-10-11-17-25(24)28)27(29)22-14-8-5-9-15-22/h4-17,23H,3,18-19H2,1-2H3. The second kappa shape index (κ2) is 9.10. The first kappa shape index (κ1) is 20.1. The molecule has 0 saturated carbocycles. The van der Waals surface area contributed by atoms with Gasteiger partial charge in [0, 0.05) is 22.2 Å². The molecule has 4 aromatic rings. The molecule has 4 rings (SSSR count). The Morgan fingerprint density at radius 3 is 2.23 bits per heavy atom. The van der Waals surface area contributed by atoms with E-state index in [0.717, 1.165) is 34.1 Å². The second-order valence-corrected chi connectivity index (χ2v) is 7.61. The van der Waals surface area contributed by atoms with Crippen LogP contribution in [0.25, 0.3) is 10.9 Å². The van der Waals surface area contributed by atoms with Crippen molar-refractivity contribution in [2.24, 2.45) is 0 Å². The van der Waals surface area contributed by atoms with Crippen LogP contribution in [-0.4, -0.2) is 17.0 Å². The third-order valence-electron chi connectivity index (χ3n) is 5.68. The summed E-state index contributed by atoms with van der Waals surface area (Å²) in [6, 6.07) is 28.1. The summed E-state index contributed by atoms with van der Waals surface area (Å²) >= 11 is 0. The summed E-state index contributed by atoms with van der Waals surface area (Å²) in [5.41, 5.74) is 4.77. The maximum Gasteiger partial charge on any atom is 0.195 e. The molecule has 0 spiro atoms. The zero-order valence-electron chi connectivity index (χ0n) is 17.5. The number of aromatic nitrogens is 1. The van der Waals surface area contributed by atoms with Crippen molar-refractivity contribution in [3.8, 4) is 0 Å². The van der Waals surface area contributed by atoms with Crippen LogP contribution in [0.5, 0.6) is 0 Å². The summed E-state index contributed by atoms with van der Waals surface area (Å²) < 4.78 is 8.37. The number of benzene rings is 3. The predicted octanol–water partition coefficient (Wildman–Crippen LogP) is 6.35. The second-order valence-electron chi connectivity index (χ2n) is 7.61. The Labute approximate surface area is 177 Å². The lowest BCUT2D eigenvalue weighted by Crippen LogP contribution is -2.17. The molecule has 0 aliphatic heterocycles. The number of carbonyl (C=O) groups excluding carboxylic acids is 1. The summed E-state index contributed by atoms with van der Waals surface area (Å²) in [5.74, 6) is 0.0723. The fourth-order valence-corrected chi connectivity index (χ4v) is 4.14. The molecule has 1 heterocycles. The Balaban J connectivity index is 1.68. The van der Waals surface area contributed by atoms with Crippen LogP contribution in [0.4, 0.5) is 0 Å². The van der Waals surface area contributed by atoms with Gasteiger partial charge in [-0.3, -0.25) is 4.79 Å². The van der Waals surface area contributed by atoms with Crippen LogP contribution >= 0.6 is 0 Å². The molecule has 3 aromatic carbocycles. The quantitative estimate of drug-likeness (QED) is 0.324. The van der Waals surface area contributed by atoms with Crippen molar-refractivity contribution in [3.05, 3.63) is 107 Å². The lowest BCUT2D eigenvalue weighted by atomic mass is 10.0. The molecule has 1 aromatic heterocycles. The molecule has 0 amide bonds. The van der Waals surface area contributed by atoms with Gasteiger partial charge in [0.1, 0.15) is 0 Å². The highest BCUT2D eigenvalue weighted by molar-refractivity contribution is 6.17. The Bertz CT molecular complexity index is 1130. The van der Waals surface area contributed by atoms with Gasteiger partial charge in [-0.1, -0.05) is 85.8 Å². The Morgan fingerprint density at radius 1 is 0.900 bits per heavy atom. The average Bonchev–Trinajstić information content (AvgIpc) is 3.09. The van der Waals surface area contributed by atoms with Gasteiger partial charge in [-0.15, -0.1) is 0 Å².